The average Bonchev–Trinajstić information content (AvgIpc) is 2.34. The lowest BCUT2D eigenvalue weighted by atomic mass is 9.91. The number of rotatable bonds is 7. The Labute approximate surface area is 102 Å². The fraction of sp³-hybridized carbons (Fsp3) is 0.500. The number of carbonyl (C=O) groups is 1. The van der Waals surface area contributed by atoms with Gasteiger partial charge < -0.3 is 9.84 Å². The molecule has 0 saturated carbocycles. The maximum atomic E-state index is 10.2. The van der Waals surface area contributed by atoms with Crippen molar-refractivity contribution >= 4 is 6.16 Å². The topological polar surface area (TPSA) is 46.5 Å². The third-order valence-corrected chi connectivity index (χ3v) is 2.94. The number of benzene rings is 1. The fourth-order valence-corrected chi connectivity index (χ4v) is 1.98. The van der Waals surface area contributed by atoms with E-state index in [1.807, 2.05) is 6.07 Å². The summed E-state index contributed by atoms with van der Waals surface area (Å²) in [6, 6.07) is 10.5. The van der Waals surface area contributed by atoms with Crippen molar-refractivity contribution in [3.63, 3.8) is 0 Å². The molecule has 0 aliphatic rings. The second-order valence-electron chi connectivity index (χ2n) is 4.13. The van der Waals surface area contributed by atoms with Crippen LogP contribution < -0.4 is 0 Å². The number of hydrogen-bond donors (Lipinski definition) is 1. The van der Waals surface area contributed by atoms with Gasteiger partial charge in [0.15, 0.2) is 0 Å². The standard InChI is InChI=1S/C14H20O3/c1-2-12(13-9-4-3-5-10-13)8-6-7-11-17-14(15)16/h3-5,9-10,12H,2,6-8,11H2,1H3,(H,15,16). The van der Waals surface area contributed by atoms with E-state index in [0.717, 1.165) is 25.7 Å². The minimum absolute atomic E-state index is 0.306. The van der Waals surface area contributed by atoms with Crippen molar-refractivity contribution in [2.75, 3.05) is 6.61 Å². The normalized spacial score (nSPS) is 12.1. The summed E-state index contributed by atoms with van der Waals surface area (Å²) >= 11 is 0. The van der Waals surface area contributed by atoms with Crippen LogP contribution in [-0.2, 0) is 4.74 Å². The van der Waals surface area contributed by atoms with Crippen LogP contribution in [0.4, 0.5) is 4.79 Å². The Kier molecular flexibility index (Phi) is 6.15. The van der Waals surface area contributed by atoms with Gasteiger partial charge in [-0.05, 0) is 37.2 Å². The van der Waals surface area contributed by atoms with E-state index in [1.54, 1.807) is 0 Å². The molecule has 1 aromatic rings. The van der Waals surface area contributed by atoms with E-state index < -0.39 is 6.16 Å². The third-order valence-electron chi connectivity index (χ3n) is 2.94. The van der Waals surface area contributed by atoms with Gasteiger partial charge in [0.1, 0.15) is 0 Å². The van der Waals surface area contributed by atoms with E-state index in [9.17, 15) is 4.79 Å². The number of carboxylic acid groups (broad SMARTS) is 1. The zero-order chi connectivity index (χ0) is 12.5. The molecule has 17 heavy (non-hydrogen) atoms. The van der Waals surface area contributed by atoms with E-state index in [2.05, 4.69) is 35.9 Å². The van der Waals surface area contributed by atoms with E-state index in [-0.39, 0.29) is 0 Å². The van der Waals surface area contributed by atoms with Crippen LogP contribution in [0.25, 0.3) is 0 Å². The predicted octanol–water partition coefficient (Wildman–Crippen LogP) is 4.05. The monoisotopic (exact) mass is 236 g/mol. The van der Waals surface area contributed by atoms with Gasteiger partial charge in [0, 0.05) is 0 Å². The van der Waals surface area contributed by atoms with E-state index in [1.165, 1.54) is 5.56 Å². The molecule has 0 bridgehead atoms. The van der Waals surface area contributed by atoms with Crippen LogP contribution in [0.15, 0.2) is 30.3 Å². The Morgan fingerprint density at radius 1 is 1.29 bits per heavy atom. The van der Waals surface area contributed by atoms with Crippen molar-refractivity contribution in [1.82, 2.24) is 0 Å². The minimum atomic E-state index is -1.18. The number of unbranched alkanes of at least 4 members (excludes halogenated alkanes) is 1. The van der Waals surface area contributed by atoms with Gasteiger partial charge in [-0.15, -0.1) is 0 Å². The van der Waals surface area contributed by atoms with Crippen molar-refractivity contribution < 1.29 is 14.6 Å². The van der Waals surface area contributed by atoms with Crippen LogP contribution in [0.1, 0.15) is 44.1 Å². The second kappa shape index (κ2) is 7.71. The van der Waals surface area contributed by atoms with Crippen LogP contribution in [0.5, 0.6) is 0 Å². The summed E-state index contributed by atoms with van der Waals surface area (Å²) in [5.74, 6) is 0.570. The van der Waals surface area contributed by atoms with Gasteiger partial charge in [0.2, 0.25) is 0 Å². The Morgan fingerprint density at radius 3 is 2.59 bits per heavy atom. The Hall–Kier alpha value is -1.51. The first-order valence-electron chi connectivity index (χ1n) is 6.14. The molecule has 3 nitrogen and oxygen atoms in total. The zero-order valence-corrected chi connectivity index (χ0v) is 10.3. The molecular weight excluding hydrogens is 216 g/mol. The molecule has 0 aromatic heterocycles. The second-order valence-corrected chi connectivity index (χ2v) is 4.13. The average molecular weight is 236 g/mol. The Morgan fingerprint density at radius 2 is 2.00 bits per heavy atom. The molecule has 1 rings (SSSR count). The highest BCUT2D eigenvalue weighted by atomic mass is 16.7. The molecule has 0 saturated heterocycles. The lowest BCUT2D eigenvalue weighted by Crippen LogP contribution is -2.03. The first kappa shape index (κ1) is 13.6. The first-order chi connectivity index (χ1) is 8.24. The van der Waals surface area contributed by atoms with E-state index in [0.29, 0.717) is 12.5 Å². The van der Waals surface area contributed by atoms with E-state index >= 15 is 0 Å². The summed E-state index contributed by atoms with van der Waals surface area (Å²) in [7, 11) is 0. The molecule has 3 heteroatoms. The van der Waals surface area contributed by atoms with Crippen LogP contribution in [0, 0.1) is 0 Å². The summed E-state index contributed by atoms with van der Waals surface area (Å²) in [5.41, 5.74) is 1.37. The van der Waals surface area contributed by atoms with Crippen molar-refractivity contribution in [3.05, 3.63) is 35.9 Å². The van der Waals surface area contributed by atoms with Crippen LogP contribution in [-0.4, -0.2) is 17.9 Å². The molecule has 0 amide bonds. The number of hydrogen-bond acceptors (Lipinski definition) is 2. The number of ether oxygens (including phenoxy) is 1. The summed E-state index contributed by atoms with van der Waals surface area (Å²) in [4.78, 5) is 10.2. The molecule has 1 N–H and O–H groups in total. The van der Waals surface area contributed by atoms with Gasteiger partial charge in [0.25, 0.3) is 0 Å². The summed E-state index contributed by atoms with van der Waals surface area (Å²) < 4.78 is 4.48. The van der Waals surface area contributed by atoms with Gasteiger partial charge >= 0.3 is 6.16 Å². The summed E-state index contributed by atoms with van der Waals surface area (Å²) in [6.45, 7) is 2.49. The maximum absolute atomic E-state index is 10.2. The SMILES string of the molecule is CCC(CCCCOC(=O)O)c1ccccc1. The molecule has 0 radical (unpaired) electrons. The molecule has 1 atom stereocenters. The lowest BCUT2D eigenvalue weighted by Gasteiger charge is -2.14. The largest absolute Gasteiger partial charge is 0.505 e. The molecule has 0 aliphatic heterocycles. The quantitative estimate of drug-likeness (QED) is 0.574. The first-order valence-corrected chi connectivity index (χ1v) is 6.14. The zero-order valence-electron chi connectivity index (χ0n) is 10.3. The molecule has 1 aromatic carbocycles. The van der Waals surface area contributed by atoms with Gasteiger partial charge in [-0.3, -0.25) is 0 Å². The van der Waals surface area contributed by atoms with Crippen LogP contribution in [0.2, 0.25) is 0 Å². The molecule has 0 spiro atoms. The smallest absolute Gasteiger partial charge is 0.450 e. The van der Waals surface area contributed by atoms with Crippen molar-refractivity contribution in [2.24, 2.45) is 0 Å². The molecule has 1 unspecified atom stereocenters. The lowest BCUT2D eigenvalue weighted by molar-refractivity contribution is 0.0898. The van der Waals surface area contributed by atoms with Crippen LogP contribution >= 0.6 is 0 Å². The van der Waals surface area contributed by atoms with Gasteiger partial charge in [0.05, 0.1) is 6.61 Å². The van der Waals surface area contributed by atoms with E-state index in [4.69, 9.17) is 5.11 Å². The third kappa shape index (κ3) is 5.38. The summed E-state index contributed by atoms with van der Waals surface area (Å²) in [6.07, 6.45) is 2.82. The minimum Gasteiger partial charge on any atom is -0.450 e. The molecule has 0 fully saturated rings. The van der Waals surface area contributed by atoms with Gasteiger partial charge in [-0.1, -0.05) is 37.3 Å². The Bertz CT molecular complexity index is 321. The van der Waals surface area contributed by atoms with Crippen molar-refractivity contribution in [2.45, 2.75) is 38.5 Å². The summed E-state index contributed by atoms with van der Waals surface area (Å²) in [5, 5.41) is 8.32. The fourth-order valence-electron chi connectivity index (χ4n) is 1.98. The van der Waals surface area contributed by atoms with Gasteiger partial charge in [-0.25, -0.2) is 4.79 Å². The molecule has 0 heterocycles. The Balaban J connectivity index is 2.26. The molecule has 0 aliphatic carbocycles. The maximum Gasteiger partial charge on any atom is 0.505 e. The molecule has 94 valence electrons. The van der Waals surface area contributed by atoms with Gasteiger partial charge in [-0.2, -0.15) is 0 Å². The van der Waals surface area contributed by atoms with Crippen molar-refractivity contribution in [1.29, 1.82) is 0 Å². The van der Waals surface area contributed by atoms with Crippen LogP contribution in [0.3, 0.4) is 0 Å². The molecular formula is C14H20O3. The highest BCUT2D eigenvalue weighted by Gasteiger charge is 2.08. The highest BCUT2D eigenvalue weighted by Crippen LogP contribution is 2.24. The predicted molar refractivity (Wildman–Crippen MR) is 67.3 cm³/mol. The highest BCUT2D eigenvalue weighted by molar-refractivity contribution is 5.56. The van der Waals surface area contributed by atoms with Crippen molar-refractivity contribution in [3.8, 4) is 0 Å².